The van der Waals surface area contributed by atoms with E-state index >= 15 is 0 Å². The highest BCUT2D eigenvalue weighted by Gasteiger charge is 1.98. The van der Waals surface area contributed by atoms with Gasteiger partial charge in [-0.25, -0.2) is 0 Å². The lowest BCUT2D eigenvalue weighted by molar-refractivity contribution is 0.433. The summed E-state index contributed by atoms with van der Waals surface area (Å²) in [6, 6.07) is 0. The first-order valence-corrected chi connectivity index (χ1v) is 4.01. The van der Waals surface area contributed by atoms with Crippen molar-refractivity contribution in [2.24, 2.45) is 0 Å². The Hall–Kier alpha value is 0.0500. The van der Waals surface area contributed by atoms with Crippen molar-refractivity contribution in [3.63, 3.8) is 0 Å². The lowest BCUT2D eigenvalue weighted by atomic mass is 10.7. The summed E-state index contributed by atoms with van der Waals surface area (Å²) in [5.74, 6) is 1.17. The minimum absolute atomic E-state index is 0.123. The summed E-state index contributed by atoms with van der Waals surface area (Å²) in [7, 11) is 0. The van der Waals surface area contributed by atoms with Gasteiger partial charge in [-0.1, -0.05) is 13.0 Å². The summed E-state index contributed by atoms with van der Waals surface area (Å²) >= 11 is -0.123. The van der Waals surface area contributed by atoms with E-state index in [1.165, 1.54) is 5.75 Å². The van der Waals surface area contributed by atoms with E-state index in [1.807, 2.05) is 0 Å². The first-order valence-electron chi connectivity index (χ1n) is 2.49. The highest BCUT2D eigenvalue weighted by Crippen LogP contribution is 2.31. The van der Waals surface area contributed by atoms with Gasteiger partial charge in [-0.2, -0.15) is 0 Å². The zero-order chi connectivity index (χ0) is 5.11. The van der Waals surface area contributed by atoms with Crippen molar-refractivity contribution < 1.29 is 4.18 Å². The number of hydrogen-bond acceptors (Lipinski definition) is 1. The van der Waals surface area contributed by atoms with Gasteiger partial charge in [0.05, 0.1) is 6.61 Å². The molecule has 7 heavy (non-hydrogen) atoms. The molecule has 0 aromatic heterocycles. The topological polar surface area (TPSA) is 9.23 Å². The zero-order valence-electron chi connectivity index (χ0n) is 4.42. The van der Waals surface area contributed by atoms with Gasteiger partial charge in [0, 0.05) is 0 Å². The first-order chi connectivity index (χ1) is 3.43. The average Bonchev–Trinajstić information content (AvgIpc) is 2.14. The molecule has 0 aromatic carbocycles. The maximum Gasteiger partial charge on any atom is 0.0782 e. The lowest BCUT2D eigenvalue weighted by Crippen LogP contribution is -1.79. The minimum atomic E-state index is -0.123. The van der Waals surface area contributed by atoms with Gasteiger partial charge in [0.25, 0.3) is 0 Å². The first kappa shape index (κ1) is 5.19. The molecule has 0 bridgehead atoms. The smallest absolute Gasteiger partial charge is 0.0782 e. The number of hydrogen-bond donors (Lipinski definition) is 1. The molecule has 1 unspecified atom stereocenters. The summed E-state index contributed by atoms with van der Waals surface area (Å²) in [5, 5.41) is 2.18. The monoisotopic (exact) mass is 118 g/mol. The van der Waals surface area contributed by atoms with Crippen molar-refractivity contribution in [3.8, 4) is 0 Å². The van der Waals surface area contributed by atoms with Gasteiger partial charge >= 0.3 is 0 Å². The van der Waals surface area contributed by atoms with Gasteiger partial charge in [0.2, 0.25) is 0 Å². The van der Waals surface area contributed by atoms with E-state index in [2.05, 4.69) is 18.4 Å². The van der Waals surface area contributed by atoms with Crippen molar-refractivity contribution in [2.45, 2.75) is 6.92 Å². The summed E-state index contributed by atoms with van der Waals surface area (Å²) in [4.78, 5) is 0. The van der Waals surface area contributed by atoms with E-state index in [1.54, 1.807) is 0 Å². The van der Waals surface area contributed by atoms with Gasteiger partial charge < -0.3 is 4.18 Å². The Morgan fingerprint density at radius 2 is 2.71 bits per heavy atom. The molecule has 0 amide bonds. The van der Waals surface area contributed by atoms with E-state index in [0.717, 1.165) is 6.61 Å². The van der Waals surface area contributed by atoms with Gasteiger partial charge in [-0.3, -0.25) is 0 Å². The highest BCUT2D eigenvalue weighted by atomic mass is 32.2. The van der Waals surface area contributed by atoms with Crippen LogP contribution in [0.15, 0.2) is 11.5 Å². The molecular weight excluding hydrogens is 108 g/mol. The van der Waals surface area contributed by atoms with Crippen molar-refractivity contribution in [2.75, 3.05) is 12.4 Å². The quantitative estimate of drug-likeness (QED) is 0.513. The van der Waals surface area contributed by atoms with Crippen LogP contribution in [-0.2, 0) is 4.18 Å². The van der Waals surface area contributed by atoms with Crippen LogP contribution in [0.25, 0.3) is 0 Å². The van der Waals surface area contributed by atoms with E-state index in [9.17, 15) is 0 Å². The largest absolute Gasteiger partial charge is 0.332 e. The fourth-order valence-corrected chi connectivity index (χ4v) is 1.62. The molecule has 1 heterocycles. The Kier molecular flexibility index (Phi) is 1.77. The molecular formula is C5H10OS. The molecule has 1 rings (SSSR count). The zero-order valence-corrected chi connectivity index (χ0v) is 5.32. The van der Waals surface area contributed by atoms with Crippen LogP contribution >= 0.6 is 11.2 Å². The van der Waals surface area contributed by atoms with E-state index in [4.69, 9.17) is 4.18 Å². The molecule has 2 heteroatoms. The molecule has 1 nitrogen and oxygen atoms in total. The van der Waals surface area contributed by atoms with E-state index in [-0.39, 0.29) is 11.2 Å². The van der Waals surface area contributed by atoms with E-state index < -0.39 is 0 Å². The molecule has 0 spiro atoms. The van der Waals surface area contributed by atoms with Crippen molar-refractivity contribution >= 4 is 11.2 Å². The fourth-order valence-electron chi connectivity index (χ4n) is 0.539. The summed E-state index contributed by atoms with van der Waals surface area (Å²) in [6.07, 6.45) is 2.09. The van der Waals surface area contributed by atoms with Crippen LogP contribution in [0.2, 0.25) is 0 Å². The van der Waals surface area contributed by atoms with Crippen LogP contribution < -0.4 is 0 Å². The van der Waals surface area contributed by atoms with Crippen LogP contribution in [-0.4, -0.2) is 12.4 Å². The standard InChI is InChI=1S/C5H10OS/c1-2-7-5-3-4-6-7/h3,5,7H,2,4H2,1H3. The number of thiol groups is 1. The average molecular weight is 118 g/mol. The van der Waals surface area contributed by atoms with E-state index in [0.29, 0.717) is 0 Å². The highest BCUT2D eigenvalue weighted by molar-refractivity contribution is 8.15. The predicted octanol–water partition coefficient (Wildman–Crippen LogP) is 1.47. The Labute approximate surface area is 46.9 Å². The molecule has 1 aliphatic heterocycles. The molecule has 0 N–H and O–H groups in total. The second kappa shape index (κ2) is 2.38. The van der Waals surface area contributed by atoms with Crippen molar-refractivity contribution in [1.82, 2.24) is 0 Å². The van der Waals surface area contributed by atoms with Crippen LogP contribution in [0, 0.1) is 0 Å². The van der Waals surface area contributed by atoms with Gasteiger partial charge in [0.1, 0.15) is 0 Å². The Morgan fingerprint density at radius 1 is 1.86 bits per heavy atom. The summed E-state index contributed by atoms with van der Waals surface area (Å²) in [5.41, 5.74) is 0. The maximum absolute atomic E-state index is 5.26. The van der Waals surface area contributed by atoms with Gasteiger partial charge in [-0.05, 0) is 11.2 Å². The third-order valence-electron chi connectivity index (χ3n) is 0.920. The Morgan fingerprint density at radius 3 is 3.00 bits per heavy atom. The Balaban J connectivity index is 2.28. The number of rotatable bonds is 1. The molecule has 0 aromatic rings. The summed E-state index contributed by atoms with van der Waals surface area (Å²) in [6.45, 7) is 3.00. The maximum atomic E-state index is 5.26. The van der Waals surface area contributed by atoms with Gasteiger partial charge in [0.15, 0.2) is 0 Å². The molecule has 0 saturated heterocycles. The third-order valence-corrected chi connectivity index (χ3v) is 2.57. The molecule has 0 radical (unpaired) electrons. The van der Waals surface area contributed by atoms with Crippen LogP contribution in [0.4, 0.5) is 0 Å². The molecule has 1 aliphatic rings. The van der Waals surface area contributed by atoms with Gasteiger partial charge in [-0.15, -0.1) is 11.2 Å². The minimum Gasteiger partial charge on any atom is -0.332 e. The molecule has 42 valence electrons. The second-order valence-electron chi connectivity index (χ2n) is 1.41. The molecule has 1 atom stereocenters. The fraction of sp³-hybridized carbons (Fsp3) is 0.600. The molecule has 0 aliphatic carbocycles. The van der Waals surface area contributed by atoms with Crippen LogP contribution in [0.1, 0.15) is 6.92 Å². The SMILES string of the molecule is CC[SH]1C=CCO1. The molecule has 0 fully saturated rings. The molecule has 0 saturated carbocycles. The van der Waals surface area contributed by atoms with Crippen molar-refractivity contribution in [3.05, 3.63) is 11.5 Å². The second-order valence-corrected chi connectivity index (χ2v) is 3.44. The normalized spacial score (nSPS) is 34.1. The third kappa shape index (κ3) is 1.21. The Bertz CT molecular complexity index is 80.1. The predicted molar refractivity (Wildman–Crippen MR) is 34.6 cm³/mol. The van der Waals surface area contributed by atoms with Crippen molar-refractivity contribution in [1.29, 1.82) is 0 Å². The summed E-state index contributed by atoms with van der Waals surface area (Å²) < 4.78 is 5.26. The lowest BCUT2D eigenvalue weighted by Gasteiger charge is -2.06. The van der Waals surface area contributed by atoms with Crippen LogP contribution in [0.5, 0.6) is 0 Å². The van der Waals surface area contributed by atoms with Crippen LogP contribution in [0.3, 0.4) is 0 Å².